The molecule has 388 valence electrons. The van der Waals surface area contributed by atoms with E-state index in [9.17, 15) is 0 Å². The molecule has 0 amide bonds. The topological polar surface area (TPSA) is 28.3 Å². The molecule has 2 unspecified atom stereocenters. The summed E-state index contributed by atoms with van der Waals surface area (Å²) in [5.41, 5.74) is 23.5. The summed E-state index contributed by atoms with van der Waals surface area (Å²) in [5.74, 6) is 2.55. The number of hydrogen-bond donors (Lipinski definition) is 0. The van der Waals surface area contributed by atoms with Crippen LogP contribution in [0.25, 0.3) is 111 Å². The molecular formula is C75H63BN2O2. The second-order valence-electron chi connectivity index (χ2n) is 24.6. The summed E-state index contributed by atoms with van der Waals surface area (Å²) in [4.78, 5) is 0. The van der Waals surface area contributed by atoms with Gasteiger partial charge >= 0.3 is 7.12 Å². The van der Waals surface area contributed by atoms with Crippen LogP contribution in [0.3, 0.4) is 0 Å². The summed E-state index contributed by atoms with van der Waals surface area (Å²) >= 11 is 0. The Morgan fingerprint density at radius 2 is 0.700 bits per heavy atom. The van der Waals surface area contributed by atoms with Gasteiger partial charge in [-0.25, -0.2) is 0 Å². The fourth-order valence-corrected chi connectivity index (χ4v) is 15.3. The van der Waals surface area contributed by atoms with Gasteiger partial charge in [0.05, 0.1) is 33.3 Å². The molecule has 3 fully saturated rings. The number of benzene rings is 10. The lowest BCUT2D eigenvalue weighted by atomic mass is 9.66. The van der Waals surface area contributed by atoms with Crippen LogP contribution in [-0.4, -0.2) is 27.5 Å². The Morgan fingerprint density at radius 1 is 0.338 bits per heavy atom. The Kier molecular flexibility index (Phi) is 10.8. The van der Waals surface area contributed by atoms with Gasteiger partial charge in [0.25, 0.3) is 0 Å². The molecule has 0 spiro atoms. The van der Waals surface area contributed by atoms with Crippen LogP contribution in [0.1, 0.15) is 82.8 Å². The molecule has 4 bridgehead atoms. The van der Waals surface area contributed by atoms with Gasteiger partial charge in [0.2, 0.25) is 0 Å². The van der Waals surface area contributed by atoms with Crippen molar-refractivity contribution in [2.75, 3.05) is 0 Å². The number of hydrogen-bond acceptors (Lipinski definition) is 2. The van der Waals surface area contributed by atoms with E-state index in [-0.39, 0.29) is 0 Å². The van der Waals surface area contributed by atoms with Crippen molar-refractivity contribution in [3.05, 3.63) is 236 Å². The van der Waals surface area contributed by atoms with E-state index in [0.29, 0.717) is 11.8 Å². The summed E-state index contributed by atoms with van der Waals surface area (Å²) in [7, 11) is -0.441. The highest BCUT2D eigenvalue weighted by atomic mass is 16.7. The molecule has 10 aromatic carbocycles. The molecule has 3 heterocycles. The van der Waals surface area contributed by atoms with Crippen LogP contribution in [-0.2, 0) is 9.31 Å². The predicted octanol–water partition coefficient (Wildman–Crippen LogP) is 18.9. The van der Waals surface area contributed by atoms with E-state index >= 15 is 0 Å². The molecule has 80 heavy (non-hydrogen) atoms. The highest BCUT2D eigenvalue weighted by Crippen LogP contribution is 2.63. The molecule has 17 rings (SSSR count). The Labute approximate surface area is 469 Å². The Bertz CT molecular complexity index is 4370. The molecule has 5 aliphatic rings. The smallest absolute Gasteiger partial charge is 0.399 e. The van der Waals surface area contributed by atoms with Gasteiger partial charge < -0.3 is 18.4 Å². The van der Waals surface area contributed by atoms with Crippen molar-refractivity contribution in [2.24, 2.45) is 11.8 Å². The number of fused-ring (bicyclic) bond motifs is 6. The fourth-order valence-electron chi connectivity index (χ4n) is 15.3. The van der Waals surface area contributed by atoms with Gasteiger partial charge in [-0.15, -0.1) is 0 Å². The van der Waals surface area contributed by atoms with Crippen molar-refractivity contribution < 1.29 is 9.31 Å². The third kappa shape index (κ3) is 7.43. The summed E-state index contributed by atoms with van der Waals surface area (Å²) in [6, 6.07) is 84.2. The van der Waals surface area contributed by atoms with Gasteiger partial charge in [0, 0.05) is 32.9 Å². The summed E-state index contributed by atoms with van der Waals surface area (Å²) < 4.78 is 18.2. The molecule has 5 heteroatoms. The van der Waals surface area contributed by atoms with Crippen LogP contribution < -0.4 is 5.46 Å². The van der Waals surface area contributed by atoms with Crippen LogP contribution in [0.4, 0.5) is 0 Å². The molecule has 2 aromatic heterocycles. The predicted molar refractivity (Wildman–Crippen MR) is 334 cm³/mol. The van der Waals surface area contributed by atoms with E-state index in [4.69, 9.17) is 9.31 Å². The largest absolute Gasteiger partial charge is 0.494 e. The zero-order valence-corrected chi connectivity index (χ0v) is 46.0. The average molecular weight is 1040 g/mol. The zero-order valence-electron chi connectivity index (χ0n) is 46.0. The van der Waals surface area contributed by atoms with Gasteiger partial charge in [0.1, 0.15) is 0 Å². The van der Waals surface area contributed by atoms with Gasteiger partial charge in [-0.2, -0.15) is 0 Å². The summed E-state index contributed by atoms with van der Waals surface area (Å²) in [6.07, 6.45) is 6.48. The lowest BCUT2D eigenvalue weighted by Crippen LogP contribution is -2.41. The lowest BCUT2D eigenvalue weighted by molar-refractivity contribution is 0.00578. The van der Waals surface area contributed by atoms with Crippen LogP contribution >= 0.6 is 0 Å². The number of rotatable bonds is 8. The standard InChI is InChI=1S/C75H63BN2O2/c1-74(2)75(3,4)80-76(79-74)57-34-28-51(29-35-57)70-68(49-18-8-5-9-19-49)72-55-41-47-40-48(42-55)44-56(43-47)73(72)69(50-20-10-6-11-21-50)71(70)52-30-36-59(37-31-52)78-65-27-17-15-25-61(65)63-46-54(33-39-67(63)78)53-32-38-66-62(45-53)60-24-14-16-26-64(60)77(66)58-22-12-7-13-23-58/h5-39,45-48,55-56H,40-44H2,1-4H3. The first-order valence-corrected chi connectivity index (χ1v) is 29.2. The fraction of sp³-hybridized carbons (Fsp3) is 0.200. The molecule has 2 saturated carbocycles. The number of para-hydroxylation sites is 3. The molecule has 12 aromatic rings. The van der Waals surface area contributed by atoms with Crippen molar-refractivity contribution in [2.45, 2.75) is 82.8 Å². The van der Waals surface area contributed by atoms with E-state index in [1.54, 1.807) is 11.1 Å². The second kappa shape index (κ2) is 18.2. The van der Waals surface area contributed by atoms with Gasteiger partial charge in [-0.3, -0.25) is 0 Å². The Morgan fingerprint density at radius 3 is 1.16 bits per heavy atom. The van der Waals surface area contributed by atoms with E-state index in [0.717, 1.165) is 23.0 Å². The van der Waals surface area contributed by atoms with Crippen molar-refractivity contribution in [3.63, 3.8) is 0 Å². The third-order valence-corrected chi connectivity index (χ3v) is 19.5. The molecule has 0 radical (unpaired) electrons. The first kappa shape index (κ1) is 47.8. The normalized spacial score (nSPS) is 19.8. The summed E-state index contributed by atoms with van der Waals surface area (Å²) in [6.45, 7) is 8.55. The molecule has 1 saturated heterocycles. The minimum Gasteiger partial charge on any atom is -0.399 e. The molecule has 4 aliphatic carbocycles. The minimum atomic E-state index is -0.441. The minimum absolute atomic E-state index is 0.429. The second-order valence-corrected chi connectivity index (χ2v) is 24.6. The highest BCUT2D eigenvalue weighted by molar-refractivity contribution is 6.62. The third-order valence-electron chi connectivity index (χ3n) is 19.5. The Hall–Kier alpha value is -8.22. The SMILES string of the molecule is CC1(C)OB(c2ccc(-c3c(-c4ccc(-n5c6ccccc6c6cc(-c7ccc8c(c7)c7ccccc7n8-c7ccccc7)ccc65)cc4)c(-c4ccccc4)c4c(c3-c3ccccc3)C3CC5CC(C3)CC4C5)cc2)OC1(C)C. The van der Waals surface area contributed by atoms with Crippen molar-refractivity contribution in [1.29, 1.82) is 0 Å². The molecule has 0 N–H and O–H groups in total. The molecule has 1 aliphatic heterocycles. The zero-order chi connectivity index (χ0) is 53.4. The van der Waals surface area contributed by atoms with E-state index < -0.39 is 18.3 Å². The van der Waals surface area contributed by atoms with E-state index in [2.05, 4.69) is 261 Å². The quantitative estimate of drug-likeness (QED) is 0.142. The van der Waals surface area contributed by atoms with E-state index in [1.165, 1.54) is 137 Å². The van der Waals surface area contributed by atoms with Crippen LogP contribution in [0.2, 0.25) is 0 Å². The van der Waals surface area contributed by atoms with Crippen molar-refractivity contribution >= 4 is 56.2 Å². The maximum Gasteiger partial charge on any atom is 0.494 e. The van der Waals surface area contributed by atoms with Crippen LogP contribution in [0.5, 0.6) is 0 Å². The maximum absolute atomic E-state index is 6.65. The van der Waals surface area contributed by atoms with Gasteiger partial charge in [-0.05, 0) is 216 Å². The van der Waals surface area contributed by atoms with Crippen LogP contribution in [0.15, 0.2) is 224 Å². The van der Waals surface area contributed by atoms with Gasteiger partial charge in [-0.1, -0.05) is 164 Å². The van der Waals surface area contributed by atoms with Gasteiger partial charge in [0.15, 0.2) is 0 Å². The number of aromatic nitrogens is 2. The Balaban J connectivity index is 0.883. The number of nitrogens with zero attached hydrogens (tertiary/aromatic N) is 2. The van der Waals surface area contributed by atoms with E-state index in [1.807, 2.05) is 0 Å². The average Bonchev–Trinajstić information content (AvgIpc) is 4.13. The molecule has 2 atom stereocenters. The summed E-state index contributed by atoms with van der Waals surface area (Å²) in [5, 5.41) is 5.01. The highest BCUT2D eigenvalue weighted by Gasteiger charge is 2.52. The first-order chi connectivity index (χ1) is 39.1. The maximum atomic E-state index is 6.65. The van der Waals surface area contributed by atoms with Crippen molar-refractivity contribution in [3.8, 4) is 67.0 Å². The molecule has 4 nitrogen and oxygen atoms in total. The van der Waals surface area contributed by atoms with Crippen LogP contribution in [0, 0.1) is 11.8 Å². The lowest BCUT2D eigenvalue weighted by Gasteiger charge is -2.38. The first-order valence-electron chi connectivity index (χ1n) is 29.2. The molecular weight excluding hydrogens is 972 g/mol. The van der Waals surface area contributed by atoms with Crippen molar-refractivity contribution in [1.82, 2.24) is 9.13 Å². The monoisotopic (exact) mass is 1030 g/mol.